The summed E-state index contributed by atoms with van der Waals surface area (Å²) in [4.78, 5) is 43.8. The number of carbonyl (C=O) groups excluding carboxylic acids is 3. The van der Waals surface area contributed by atoms with Gasteiger partial charge in [0.25, 0.3) is 11.8 Å². The molecule has 3 amide bonds. The van der Waals surface area contributed by atoms with Crippen molar-refractivity contribution in [1.29, 1.82) is 0 Å². The van der Waals surface area contributed by atoms with Gasteiger partial charge in [-0.25, -0.2) is 0 Å². The first-order chi connectivity index (χ1) is 17.8. The van der Waals surface area contributed by atoms with Crippen molar-refractivity contribution in [2.24, 2.45) is 0 Å². The summed E-state index contributed by atoms with van der Waals surface area (Å²) in [6.07, 6.45) is 2.62. The van der Waals surface area contributed by atoms with E-state index in [0.29, 0.717) is 19.5 Å². The summed E-state index contributed by atoms with van der Waals surface area (Å²) >= 11 is 0. The van der Waals surface area contributed by atoms with E-state index in [9.17, 15) is 14.4 Å². The Hall–Kier alpha value is -4.40. The largest absolute Gasteiger partial charge is 0.361 e. The lowest BCUT2D eigenvalue weighted by atomic mass is 9.96. The standard InChI is InChI=1S/C28H30N6O3/c1-18-9-10-22-21(13-18)20(16-30-22)11-12-29-25(35)23-14-24-26(36)33(3)28(2,17-34(24)32-23)27(37)31-15-19-7-5-4-6-8-19/h4-10,13-14,16,30H,11-12,15,17H2,1-3H3,(H,29,35)(H,31,37)/t28-/m1/s1. The second-order valence-electron chi connectivity index (χ2n) is 9.75. The molecule has 4 aromatic rings. The van der Waals surface area contributed by atoms with Crippen LogP contribution >= 0.6 is 0 Å². The number of nitrogens with one attached hydrogen (secondary N) is 3. The van der Waals surface area contributed by atoms with Gasteiger partial charge in [-0.1, -0.05) is 42.0 Å². The van der Waals surface area contributed by atoms with Gasteiger partial charge in [0.1, 0.15) is 11.2 Å². The molecule has 1 aliphatic heterocycles. The smallest absolute Gasteiger partial charge is 0.272 e. The highest BCUT2D eigenvalue weighted by molar-refractivity contribution is 6.01. The molecule has 0 fully saturated rings. The third-order valence-electron chi connectivity index (χ3n) is 7.12. The summed E-state index contributed by atoms with van der Waals surface area (Å²) in [6.45, 7) is 4.68. The minimum atomic E-state index is -1.15. The molecule has 2 aromatic carbocycles. The molecule has 3 N–H and O–H groups in total. The first-order valence-electron chi connectivity index (χ1n) is 12.3. The number of likely N-dealkylation sites (N-methyl/N-ethyl adjacent to an activating group) is 1. The van der Waals surface area contributed by atoms with Crippen molar-refractivity contribution in [1.82, 2.24) is 30.3 Å². The molecule has 0 unspecified atom stereocenters. The maximum absolute atomic E-state index is 13.1. The number of carbonyl (C=O) groups is 3. The molecule has 9 nitrogen and oxygen atoms in total. The van der Waals surface area contributed by atoms with Crippen LogP contribution in [0.5, 0.6) is 0 Å². The van der Waals surface area contributed by atoms with Crippen LogP contribution in [0, 0.1) is 6.92 Å². The fraction of sp³-hybridized carbons (Fsp3) is 0.286. The van der Waals surface area contributed by atoms with E-state index in [1.807, 2.05) is 42.6 Å². The molecular formula is C28H30N6O3. The Bertz CT molecular complexity index is 1490. The van der Waals surface area contributed by atoms with Crippen LogP contribution in [-0.2, 0) is 24.3 Å². The molecule has 190 valence electrons. The minimum Gasteiger partial charge on any atom is -0.361 e. The van der Waals surface area contributed by atoms with E-state index in [4.69, 9.17) is 0 Å². The van der Waals surface area contributed by atoms with E-state index in [2.05, 4.69) is 39.8 Å². The maximum atomic E-state index is 13.1. The Labute approximate surface area is 214 Å². The summed E-state index contributed by atoms with van der Waals surface area (Å²) in [5.74, 6) is -0.999. The molecule has 37 heavy (non-hydrogen) atoms. The third-order valence-corrected chi connectivity index (χ3v) is 7.12. The molecule has 2 aromatic heterocycles. The summed E-state index contributed by atoms with van der Waals surface area (Å²) < 4.78 is 1.46. The molecular weight excluding hydrogens is 468 g/mol. The number of aryl methyl sites for hydroxylation is 1. The molecule has 1 atom stereocenters. The van der Waals surface area contributed by atoms with Gasteiger partial charge in [0.15, 0.2) is 5.69 Å². The minimum absolute atomic E-state index is 0.146. The van der Waals surface area contributed by atoms with Crippen LogP contribution in [0.15, 0.2) is 60.8 Å². The number of benzene rings is 2. The highest BCUT2D eigenvalue weighted by atomic mass is 16.2. The summed E-state index contributed by atoms with van der Waals surface area (Å²) in [5, 5.41) is 11.3. The van der Waals surface area contributed by atoms with Gasteiger partial charge in [0, 0.05) is 43.3 Å². The van der Waals surface area contributed by atoms with Gasteiger partial charge in [-0.3, -0.25) is 19.1 Å². The summed E-state index contributed by atoms with van der Waals surface area (Å²) in [7, 11) is 1.60. The molecule has 0 bridgehead atoms. The predicted octanol–water partition coefficient (Wildman–Crippen LogP) is 2.81. The average molecular weight is 499 g/mol. The second-order valence-corrected chi connectivity index (χ2v) is 9.75. The topological polar surface area (TPSA) is 112 Å². The normalized spacial score (nSPS) is 17.1. The van der Waals surface area contributed by atoms with Crippen LogP contribution in [0.3, 0.4) is 0 Å². The van der Waals surface area contributed by atoms with Crippen LogP contribution in [0.2, 0.25) is 0 Å². The maximum Gasteiger partial charge on any atom is 0.272 e. The van der Waals surface area contributed by atoms with Crippen LogP contribution in [0.4, 0.5) is 0 Å². The SMILES string of the molecule is Cc1ccc2[nH]cc(CCNC(=O)c3cc4n(n3)C[C@](C)(C(=O)NCc3ccccc3)N(C)C4=O)c2c1. The monoisotopic (exact) mass is 498 g/mol. The van der Waals surface area contributed by atoms with E-state index in [1.54, 1.807) is 14.0 Å². The lowest BCUT2D eigenvalue weighted by molar-refractivity contribution is -0.132. The molecule has 9 heteroatoms. The number of rotatable bonds is 7. The fourth-order valence-corrected chi connectivity index (χ4v) is 4.71. The van der Waals surface area contributed by atoms with Gasteiger partial charge in [-0.15, -0.1) is 0 Å². The molecule has 0 saturated carbocycles. The number of nitrogens with zero attached hydrogens (tertiary/aromatic N) is 3. The molecule has 0 saturated heterocycles. The number of amides is 3. The molecule has 0 aliphatic carbocycles. The van der Waals surface area contributed by atoms with Crippen molar-refractivity contribution in [3.8, 4) is 0 Å². The number of aromatic amines is 1. The number of hydrogen-bond donors (Lipinski definition) is 3. The zero-order chi connectivity index (χ0) is 26.2. The highest BCUT2D eigenvalue weighted by Gasteiger charge is 2.46. The van der Waals surface area contributed by atoms with Crippen LogP contribution in [0.1, 0.15) is 44.6 Å². The fourth-order valence-electron chi connectivity index (χ4n) is 4.71. The van der Waals surface area contributed by atoms with Crippen LogP contribution in [0.25, 0.3) is 10.9 Å². The zero-order valence-electron chi connectivity index (χ0n) is 21.2. The van der Waals surface area contributed by atoms with E-state index in [1.165, 1.54) is 21.2 Å². The van der Waals surface area contributed by atoms with Gasteiger partial charge in [0.2, 0.25) is 5.91 Å². The van der Waals surface area contributed by atoms with E-state index in [-0.39, 0.29) is 35.7 Å². The number of H-pyrrole nitrogens is 1. The van der Waals surface area contributed by atoms with Crippen molar-refractivity contribution in [3.63, 3.8) is 0 Å². The van der Waals surface area contributed by atoms with Gasteiger partial charge in [-0.05, 0) is 43.5 Å². The van der Waals surface area contributed by atoms with Gasteiger partial charge in [0.05, 0.1) is 6.54 Å². The number of hydrogen-bond acceptors (Lipinski definition) is 4. The predicted molar refractivity (Wildman–Crippen MR) is 140 cm³/mol. The Balaban J connectivity index is 1.25. The van der Waals surface area contributed by atoms with Crippen molar-refractivity contribution in [2.75, 3.05) is 13.6 Å². The van der Waals surface area contributed by atoms with E-state index >= 15 is 0 Å². The number of fused-ring (bicyclic) bond motifs is 2. The van der Waals surface area contributed by atoms with Gasteiger partial charge >= 0.3 is 0 Å². The zero-order valence-corrected chi connectivity index (χ0v) is 21.2. The lowest BCUT2D eigenvalue weighted by Gasteiger charge is -2.40. The first kappa shape index (κ1) is 24.3. The number of aromatic nitrogens is 3. The van der Waals surface area contributed by atoms with Gasteiger partial charge < -0.3 is 20.5 Å². The molecule has 5 rings (SSSR count). The lowest BCUT2D eigenvalue weighted by Crippen LogP contribution is -2.62. The Morgan fingerprint density at radius 1 is 1.11 bits per heavy atom. The van der Waals surface area contributed by atoms with Crippen molar-refractivity contribution >= 4 is 28.6 Å². The van der Waals surface area contributed by atoms with Crippen molar-refractivity contribution < 1.29 is 14.4 Å². The summed E-state index contributed by atoms with van der Waals surface area (Å²) in [5.41, 5.74) is 3.62. The first-order valence-corrected chi connectivity index (χ1v) is 12.3. The van der Waals surface area contributed by atoms with E-state index in [0.717, 1.165) is 22.0 Å². The van der Waals surface area contributed by atoms with E-state index < -0.39 is 5.54 Å². The van der Waals surface area contributed by atoms with Gasteiger partial charge in [-0.2, -0.15) is 5.10 Å². The Morgan fingerprint density at radius 3 is 2.68 bits per heavy atom. The molecule has 1 aliphatic rings. The quantitative estimate of drug-likeness (QED) is 0.364. The Morgan fingerprint density at radius 2 is 1.89 bits per heavy atom. The molecule has 0 radical (unpaired) electrons. The second kappa shape index (κ2) is 9.57. The van der Waals surface area contributed by atoms with Crippen molar-refractivity contribution in [2.45, 2.75) is 38.9 Å². The van der Waals surface area contributed by atoms with Crippen LogP contribution < -0.4 is 10.6 Å². The Kier molecular flexibility index (Phi) is 6.29. The molecule has 3 heterocycles. The highest BCUT2D eigenvalue weighted by Crippen LogP contribution is 2.26. The van der Waals surface area contributed by atoms with Crippen molar-refractivity contribution in [3.05, 3.63) is 88.9 Å². The summed E-state index contributed by atoms with van der Waals surface area (Å²) in [6, 6.07) is 17.3. The molecule has 0 spiro atoms. The average Bonchev–Trinajstić information content (AvgIpc) is 3.50. The van der Waals surface area contributed by atoms with Crippen LogP contribution in [-0.4, -0.2) is 56.5 Å². The third kappa shape index (κ3) is 4.60.